The van der Waals surface area contributed by atoms with Crippen LogP contribution in [0.15, 0.2) is 0 Å². The molecule has 4 aliphatic carbocycles. The lowest BCUT2D eigenvalue weighted by molar-refractivity contribution is -0.150. The maximum atomic E-state index is 12.6. The SMILES string of the molecule is CCC[C@@]1(O)CC[C@H]2[C@@H](CC[C@@H]3[C@@H]2CC[C@]2(C)C(=O)CCC[C@@H]32)C1. The maximum Gasteiger partial charge on any atom is 0.139 e. The van der Waals surface area contributed by atoms with Crippen LogP contribution < -0.4 is 0 Å². The van der Waals surface area contributed by atoms with Crippen LogP contribution in [0.5, 0.6) is 0 Å². The molecule has 0 unspecified atom stereocenters. The van der Waals surface area contributed by atoms with Crippen molar-refractivity contribution in [3.63, 3.8) is 0 Å². The van der Waals surface area contributed by atoms with Crippen molar-refractivity contribution in [2.24, 2.45) is 35.0 Å². The van der Waals surface area contributed by atoms with Crippen LogP contribution in [0.2, 0.25) is 0 Å². The third-order valence-electron chi connectivity index (χ3n) is 8.76. The zero-order chi connectivity index (χ0) is 16.9. The first kappa shape index (κ1) is 17.1. The molecule has 0 radical (unpaired) electrons. The predicted octanol–water partition coefficient (Wildman–Crippen LogP) is 5.13. The van der Waals surface area contributed by atoms with E-state index in [1.165, 1.54) is 32.1 Å². The van der Waals surface area contributed by atoms with Gasteiger partial charge in [0.2, 0.25) is 0 Å². The van der Waals surface area contributed by atoms with Gasteiger partial charge in [0.25, 0.3) is 0 Å². The summed E-state index contributed by atoms with van der Waals surface area (Å²) >= 11 is 0. The topological polar surface area (TPSA) is 37.3 Å². The molecule has 0 amide bonds. The lowest BCUT2D eigenvalue weighted by atomic mass is 9.46. The molecule has 1 N–H and O–H groups in total. The highest BCUT2D eigenvalue weighted by molar-refractivity contribution is 5.85. The Balaban J connectivity index is 1.52. The van der Waals surface area contributed by atoms with Crippen LogP contribution in [-0.4, -0.2) is 16.5 Å². The normalized spacial score (nSPS) is 51.5. The van der Waals surface area contributed by atoms with E-state index >= 15 is 0 Å². The Morgan fingerprint density at radius 1 is 1.04 bits per heavy atom. The summed E-state index contributed by atoms with van der Waals surface area (Å²) in [5.41, 5.74) is -0.364. The molecule has 0 aromatic carbocycles. The van der Waals surface area contributed by atoms with Crippen molar-refractivity contribution in [1.29, 1.82) is 0 Å². The molecular formula is C22H36O2. The number of hydrogen-bond donors (Lipinski definition) is 1. The Kier molecular flexibility index (Phi) is 4.34. The highest BCUT2D eigenvalue weighted by Crippen LogP contribution is 2.61. The van der Waals surface area contributed by atoms with E-state index in [2.05, 4.69) is 13.8 Å². The molecule has 0 heterocycles. The first-order valence-corrected chi connectivity index (χ1v) is 10.7. The van der Waals surface area contributed by atoms with Gasteiger partial charge in [-0.2, -0.15) is 0 Å². The molecule has 4 aliphatic rings. The first-order valence-electron chi connectivity index (χ1n) is 10.7. The number of aliphatic hydroxyl groups is 1. The molecule has 136 valence electrons. The van der Waals surface area contributed by atoms with Gasteiger partial charge >= 0.3 is 0 Å². The second kappa shape index (κ2) is 6.11. The zero-order valence-electron chi connectivity index (χ0n) is 15.7. The molecule has 2 nitrogen and oxygen atoms in total. The highest BCUT2D eigenvalue weighted by atomic mass is 16.3. The lowest BCUT2D eigenvalue weighted by Crippen LogP contribution is -2.54. The maximum absolute atomic E-state index is 12.6. The fourth-order valence-electron chi connectivity index (χ4n) is 7.62. The van der Waals surface area contributed by atoms with E-state index in [9.17, 15) is 9.90 Å². The Morgan fingerprint density at radius 2 is 1.83 bits per heavy atom. The van der Waals surface area contributed by atoms with E-state index in [0.717, 1.165) is 68.6 Å². The second-order valence-electron chi connectivity index (χ2n) is 9.92. The average Bonchev–Trinajstić information content (AvgIpc) is 2.55. The monoisotopic (exact) mass is 332 g/mol. The molecule has 0 aliphatic heterocycles. The summed E-state index contributed by atoms with van der Waals surface area (Å²) in [5.74, 6) is 4.46. The van der Waals surface area contributed by atoms with Gasteiger partial charge in [-0.25, -0.2) is 0 Å². The molecule has 4 fully saturated rings. The molecule has 7 atom stereocenters. The molecule has 24 heavy (non-hydrogen) atoms. The average molecular weight is 333 g/mol. The van der Waals surface area contributed by atoms with Crippen molar-refractivity contribution >= 4 is 5.78 Å². The van der Waals surface area contributed by atoms with E-state index in [1.807, 2.05) is 0 Å². The van der Waals surface area contributed by atoms with Gasteiger partial charge in [-0.1, -0.05) is 20.3 Å². The van der Waals surface area contributed by atoms with E-state index in [4.69, 9.17) is 0 Å². The van der Waals surface area contributed by atoms with E-state index in [0.29, 0.717) is 11.7 Å². The molecule has 0 aromatic heterocycles. The van der Waals surface area contributed by atoms with E-state index in [1.54, 1.807) is 0 Å². The number of rotatable bonds is 2. The molecule has 0 spiro atoms. The van der Waals surface area contributed by atoms with Gasteiger partial charge in [-0.15, -0.1) is 0 Å². The zero-order valence-corrected chi connectivity index (χ0v) is 15.7. The first-order chi connectivity index (χ1) is 11.5. The third-order valence-corrected chi connectivity index (χ3v) is 8.76. The minimum atomic E-state index is -0.368. The fraction of sp³-hybridized carbons (Fsp3) is 0.955. The van der Waals surface area contributed by atoms with Crippen molar-refractivity contribution in [1.82, 2.24) is 0 Å². The molecule has 0 saturated heterocycles. The van der Waals surface area contributed by atoms with E-state index in [-0.39, 0.29) is 11.0 Å². The number of Topliss-reactive ketones (excluding diaryl/α,β-unsaturated/α-hetero) is 1. The van der Waals surface area contributed by atoms with Crippen LogP contribution in [-0.2, 0) is 4.79 Å². The largest absolute Gasteiger partial charge is 0.390 e. The van der Waals surface area contributed by atoms with Crippen molar-refractivity contribution in [2.75, 3.05) is 0 Å². The molecule has 0 aromatic rings. The minimum absolute atomic E-state index is 0.00384. The smallest absolute Gasteiger partial charge is 0.139 e. The summed E-state index contributed by atoms with van der Waals surface area (Å²) in [6.07, 6.45) is 13.7. The van der Waals surface area contributed by atoms with Crippen LogP contribution in [0.4, 0.5) is 0 Å². The Bertz CT molecular complexity index is 500. The summed E-state index contributed by atoms with van der Waals surface area (Å²) < 4.78 is 0. The van der Waals surface area contributed by atoms with Gasteiger partial charge < -0.3 is 5.11 Å². The van der Waals surface area contributed by atoms with Gasteiger partial charge in [0.1, 0.15) is 5.78 Å². The number of carbonyl (C=O) groups excluding carboxylic acids is 1. The van der Waals surface area contributed by atoms with Gasteiger partial charge in [-0.05, 0) is 93.8 Å². The quantitative estimate of drug-likeness (QED) is 0.761. The summed E-state index contributed by atoms with van der Waals surface area (Å²) in [7, 11) is 0. The standard InChI is InChI=1S/C22H36O2/c1-3-11-22(24)13-10-16-15(14-22)7-8-18-17(16)9-12-21(2)19(18)5-4-6-20(21)23/h15-19,24H,3-14H2,1-2H3/t15-,16-,17+,18+,19-,21-,22+/m0/s1. The molecule has 4 rings (SSSR count). The number of ketones is 1. The molecule has 0 bridgehead atoms. The third kappa shape index (κ3) is 2.59. The number of carbonyl (C=O) groups is 1. The summed E-state index contributed by atoms with van der Waals surface area (Å²) in [5, 5.41) is 10.9. The van der Waals surface area contributed by atoms with Gasteiger partial charge in [0.15, 0.2) is 0 Å². The molecular weight excluding hydrogens is 296 g/mol. The Hall–Kier alpha value is -0.370. The Morgan fingerprint density at radius 3 is 2.62 bits per heavy atom. The van der Waals surface area contributed by atoms with Gasteiger partial charge in [-0.3, -0.25) is 4.79 Å². The molecule has 4 saturated carbocycles. The van der Waals surface area contributed by atoms with E-state index < -0.39 is 0 Å². The van der Waals surface area contributed by atoms with Crippen molar-refractivity contribution < 1.29 is 9.90 Å². The Labute approximate surface area is 147 Å². The van der Waals surface area contributed by atoms with Crippen molar-refractivity contribution in [3.8, 4) is 0 Å². The summed E-state index contributed by atoms with van der Waals surface area (Å²) in [6.45, 7) is 4.49. The van der Waals surface area contributed by atoms with Crippen LogP contribution in [0.1, 0.15) is 90.9 Å². The van der Waals surface area contributed by atoms with Crippen molar-refractivity contribution in [2.45, 2.75) is 96.5 Å². The van der Waals surface area contributed by atoms with Gasteiger partial charge in [0.05, 0.1) is 5.60 Å². The molecule has 2 heteroatoms. The van der Waals surface area contributed by atoms with Crippen LogP contribution in [0, 0.1) is 35.0 Å². The lowest BCUT2D eigenvalue weighted by Gasteiger charge is -2.58. The fourth-order valence-corrected chi connectivity index (χ4v) is 7.62. The second-order valence-corrected chi connectivity index (χ2v) is 9.92. The van der Waals surface area contributed by atoms with Gasteiger partial charge in [0, 0.05) is 11.8 Å². The number of hydrogen-bond acceptors (Lipinski definition) is 2. The predicted molar refractivity (Wildman–Crippen MR) is 96.6 cm³/mol. The van der Waals surface area contributed by atoms with Crippen LogP contribution in [0.3, 0.4) is 0 Å². The highest BCUT2D eigenvalue weighted by Gasteiger charge is 2.56. The summed E-state index contributed by atoms with van der Waals surface area (Å²) in [6, 6.07) is 0. The van der Waals surface area contributed by atoms with Crippen LogP contribution in [0.25, 0.3) is 0 Å². The number of fused-ring (bicyclic) bond motifs is 5. The minimum Gasteiger partial charge on any atom is -0.390 e. The van der Waals surface area contributed by atoms with Crippen LogP contribution >= 0.6 is 0 Å². The summed E-state index contributed by atoms with van der Waals surface area (Å²) in [4.78, 5) is 12.6. The van der Waals surface area contributed by atoms with Crippen molar-refractivity contribution in [3.05, 3.63) is 0 Å².